The van der Waals surface area contributed by atoms with E-state index >= 15 is 0 Å². The van der Waals surface area contributed by atoms with Crippen molar-refractivity contribution in [3.8, 4) is 22.6 Å². The molecular weight excluding hydrogens is 895 g/mol. The van der Waals surface area contributed by atoms with Crippen LogP contribution in [-0.4, -0.2) is 79.6 Å². The van der Waals surface area contributed by atoms with E-state index in [1.807, 2.05) is 30.3 Å². The summed E-state index contributed by atoms with van der Waals surface area (Å²) in [5, 5.41) is 15.8. The zero-order chi connectivity index (χ0) is 46.8. The molecule has 13 nitrogen and oxygen atoms in total. The molecule has 0 unspecified atom stereocenters. The number of sulfonamides is 1. The Balaban J connectivity index is 1.08. The Morgan fingerprint density at radius 3 is 2.47 bits per heavy atom. The van der Waals surface area contributed by atoms with Crippen LogP contribution < -0.4 is 19.7 Å². The van der Waals surface area contributed by atoms with Gasteiger partial charge in [0.2, 0.25) is 0 Å². The van der Waals surface area contributed by atoms with Crippen LogP contribution in [0.1, 0.15) is 55.5 Å². The highest BCUT2D eigenvalue weighted by Gasteiger charge is 2.31. The van der Waals surface area contributed by atoms with Crippen molar-refractivity contribution in [2.75, 3.05) is 49.5 Å². The lowest BCUT2D eigenvalue weighted by atomic mass is 9.72. The van der Waals surface area contributed by atoms with Crippen LogP contribution >= 0.6 is 11.6 Å². The van der Waals surface area contributed by atoms with E-state index in [4.69, 9.17) is 16.3 Å². The van der Waals surface area contributed by atoms with Gasteiger partial charge in [0.05, 0.1) is 22.4 Å². The van der Waals surface area contributed by atoms with Crippen LogP contribution in [0.2, 0.25) is 5.02 Å². The first-order chi connectivity index (χ1) is 31.4. The van der Waals surface area contributed by atoms with Crippen molar-refractivity contribution in [2.45, 2.75) is 50.6 Å². The number of fused-ring (bicyclic) bond motifs is 1. The number of nitrogens with zero attached hydrogens (tertiary/aromatic N) is 4. The van der Waals surface area contributed by atoms with Gasteiger partial charge in [-0.15, -0.1) is 0 Å². The second-order valence-electron chi connectivity index (χ2n) is 17.3. The van der Waals surface area contributed by atoms with Crippen molar-refractivity contribution < 1.29 is 36.0 Å². The maximum absolute atomic E-state index is 14.2. The number of piperazine rings is 1. The summed E-state index contributed by atoms with van der Waals surface area (Å²) >= 11 is 6.25. The molecule has 1 amide bonds. The molecule has 344 valence electrons. The van der Waals surface area contributed by atoms with Crippen LogP contribution in [0.15, 0.2) is 120 Å². The number of aromatic amines is 1. The molecule has 8 rings (SSSR count). The number of anilines is 2. The number of allylic oxidation sites excluding steroid dienone is 1. The van der Waals surface area contributed by atoms with E-state index in [0.717, 1.165) is 62.1 Å². The molecule has 0 spiro atoms. The predicted molar refractivity (Wildman–Crippen MR) is 250 cm³/mol. The van der Waals surface area contributed by atoms with E-state index in [2.05, 4.69) is 55.8 Å². The molecule has 1 saturated heterocycles. The third-order valence-corrected chi connectivity index (χ3v) is 13.6. The lowest BCUT2D eigenvalue weighted by molar-refractivity contribution is -0.384. The van der Waals surface area contributed by atoms with Gasteiger partial charge in [-0.25, -0.2) is 18.1 Å². The number of rotatable bonds is 14. The Morgan fingerprint density at radius 1 is 0.970 bits per heavy atom. The van der Waals surface area contributed by atoms with Crippen molar-refractivity contribution in [3.05, 3.63) is 141 Å². The summed E-state index contributed by atoms with van der Waals surface area (Å²) in [6.07, 6.45) is 0.623. The van der Waals surface area contributed by atoms with Gasteiger partial charge in [-0.3, -0.25) is 19.8 Å². The molecule has 3 N–H and O–H groups in total. The van der Waals surface area contributed by atoms with Gasteiger partial charge in [0.1, 0.15) is 22.8 Å². The van der Waals surface area contributed by atoms with E-state index in [9.17, 15) is 36.5 Å². The fraction of sp³-hybridized carbons (Fsp3) is 0.292. The number of H-pyrrole nitrogens is 1. The van der Waals surface area contributed by atoms with Crippen LogP contribution in [0.3, 0.4) is 0 Å². The van der Waals surface area contributed by atoms with Gasteiger partial charge in [0.15, 0.2) is 0 Å². The number of nitrogens with one attached hydrogen (secondary N) is 3. The average molecular weight is 942 g/mol. The van der Waals surface area contributed by atoms with E-state index in [1.165, 1.54) is 22.8 Å². The lowest BCUT2D eigenvalue weighted by Crippen LogP contribution is -2.47. The van der Waals surface area contributed by atoms with Crippen molar-refractivity contribution in [1.82, 2.24) is 19.6 Å². The zero-order valence-electron chi connectivity index (χ0n) is 36.1. The number of pyridine rings is 1. The van der Waals surface area contributed by atoms with E-state index in [1.54, 1.807) is 42.7 Å². The minimum Gasteiger partial charge on any atom is -0.455 e. The topological polar surface area (TPSA) is 163 Å². The molecule has 0 radical (unpaired) electrons. The molecule has 4 aromatic carbocycles. The number of para-hydroxylation sites is 1. The number of hydrogen-bond donors (Lipinski definition) is 3. The first-order valence-electron chi connectivity index (χ1n) is 21.4. The van der Waals surface area contributed by atoms with Crippen molar-refractivity contribution >= 4 is 61.2 Å². The maximum Gasteiger partial charge on any atom is 0.390 e. The largest absolute Gasteiger partial charge is 0.455 e. The summed E-state index contributed by atoms with van der Waals surface area (Å²) in [6.45, 7) is 7.69. The van der Waals surface area contributed by atoms with Crippen molar-refractivity contribution in [2.24, 2.45) is 5.41 Å². The molecule has 66 heavy (non-hydrogen) atoms. The number of amides is 1. The zero-order valence-corrected chi connectivity index (χ0v) is 37.7. The fourth-order valence-electron chi connectivity index (χ4n) is 8.48. The van der Waals surface area contributed by atoms with Crippen LogP contribution in [0.5, 0.6) is 11.5 Å². The number of nitro groups is 1. The summed E-state index contributed by atoms with van der Waals surface area (Å²) in [4.78, 5) is 36.7. The third-order valence-electron chi connectivity index (χ3n) is 12.0. The molecule has 0 bridgehead atoms. The maximum atomic E-state index is 14.2. The molecule has 1 aliphatic carbocycles. The Hall–Kier alpha value is -6.43. The number of halogens is 4. The highest BCUT2D eigenvalue weighted by atomic mass is 35.5. The number of benzene rings is 4. The minimum absolute atomic E-state index is 0.0296. The predicted octanol–water partition coefficient (Wildman–Crippen LogP) is 10.9. The standard InChI is InChI=1S/C48H47ClF3N7O6S/c1-47(2)17-15-33(41(28-47)31-7-9-34(49)10-8-31)30-57-21-23-58(24-22-57)35-11-13-39(40(26-35)38-5-3-4-6-44(38)65-36-25-32-16-19-54-45(32)55-29-36)46(60)56-66(63,64)37-12-14-42(43(27-37)59(61)62)53-20-18-48(50,51)52/h3-14,16,19,25-27,29,53H,15,17-18,20-24,28,30H2,1-2H3,(H,54,55)(H,56,60). The number of hydrogen-bond acceptors (Lipinski definition) is 10. The molecule has 0 saturated carbocycles. The number of carbonyl (C=O) groups is 1. The first-order valence-corrected chi connectivity index (χ1v) is 23.2. The van der Waals surface area contributed by atoms with Gasteiger partial charge >= 0.3 is 6.18 Å². The molecule has 1 fully saturated rings. The van der Waals surface area contributed by atoms with Gasteiger partial charge in [0, 0.05) is 84.3 Å². The minimum atomic E-state index is -4.76. The van der Waals surface area contributed by atoms with Crippen molar-refractivity contribution in [1.29, 1.82) is 0 Å². The Morgan fingerprint density at radius 2 is 1.73 bits per heavy atom. The molecular formula is C48H47ClF3N7O6S. The summed E-state index contributed by atoms with van der Waals surface area (Å²) in [5.74, 6) is -0.246. The SMILES string of the molecule is CC1(C)CCC(CN2CCN(c3ccc(C(=O)NS(=O)(=O)c4ccc(NCCC(F)(F)F)c([N+](=O)[O-])c4)c(-c4ccccc4Oc4cnc5[nH]ccc5c4)c3)CC2)=C(c2ccc(Cl)cc2)C1. The van der Waals surface area contributed by atoms with E-state index < -0.39 is 50.6 Å². The van der Waals surface area contributed by atoms with Gasteiger partial charge in [0.25, 0.3) is 21.6 Å². The molecule has 0 atom stereocenters. The number of nitro benzene ring substituents is 1. The fourth-order valence-corrected chi connectivity index (χ4v) is 9.59. The molecule has 2 aliphatic rings. The van der Waals surface area contributed by atoms with E-state index in [0.29, 0.717) is 52.5 Å². The second-order valence-corrected chi connectivity index (χ2v) is 19.4. The summed E-state index contributed by atoms with van der Waals surface area (Å²) in [6, 6.07) is 26.5. The summed E-state index contributed by atoms with van der Waals surface area (Å²) in [5.41, 5.74) is 5.36. The molecule has 2 aromatic heterocycles. The van der Waals surface area contributed by atoms with Gasteiger partial charge in [-0.1, -0.05) is 61.4 Å². The smallest absolute Gasteiger partial charge is 0.390 e. The number of alkyl halides is 3. The summed E-state index contributed by atoms with van der Waals surface area (Å²) < 4.78 is 74.2. The monoisotopic (exact) mass is 941 g/mol. The Labute approximate surface area is 384 Å². The van der Waals surface area contributed by atoms with Crippen LogP contribution in [0, 0.1) is 15.5 Å². The van der Waals surface area contributed by atoms with Gasteiger partial charge in [-0.05, 0) is 96.5 Å². The molecule has 1 aliphatic heterocycles. The number of carbonyl (C=O) groups excluding carboxylic acids is 1. The average Bonchev–Trinajstić information content (AvgIpc) is 3.75. The first kappa shape index (κ1) is 46.1. The quantitative estimate of drug-likeness (QED) is 0.0708. The Kier molecular flexibility index (Phi) is 13.1. The normalized spacial score (nSPS) is 15.8. The lowest BCUT2D eigenvalue weighted by Gasteiger charge is -2.39. The number of aromatic nitrogens is 2. The molecule has 6 aromatic rings. The van der Waals surface area contributed by atoms with Crippen molar-refractivity contribution in [3.63, 3.8) is 0 Å². The summed E-state index contributed by atoms with van der Waals surface area (Å²) in [7, 11) is -4.76. The molecule has 18 heteroatoms. The van der Waals surface area contributed by atoms with Crippen LogP contribution in [0.25, 0.3) is 27.7 Å². The molecule has 3 heterocycles. The Bertz CT molecular complexity index is 2930. The highest BCUT2D eigenvalue weighted by Crippen LogP contribution is 2.44. The number of ether oxygens (including phenoxy) is 1. The highest BCUT2D eigenvalue weighted by molar-refractivity contribution is 7.90. The van der Waals surface area contributed by atoms with E-state index in [-0.39, 0.29) is 16.7 Å². The third kappa shape index (κ3) is 10.8. The van der Waals surface area contributed by atoms with Gasteiger partial charge < -0.3 is 19.9 Å². The van der Waals surface area contributed by atoms with Gasteiger partial charge in [-0.2, -0.15) is 13.2 Å². The second kappa shape index (κ2) is 18.8. The van der Waals surface area contributed by atoms with Crippen LogP contribution in [0.4, 0.5) is 30.2 Å². The van der Waals surface area contributed by atoms with Crippen LogP contribution in [-0.2, 0) is 10.0 Å².